The van der Waals surface area contributed by atoms with Crippen molar-refractivity contribution in [2.45, 2.75) is 19.9 Å². The number of hydrogen-bond donors (Lipinski definition) is 2. The smallest absolute Gasteiger partial charge is 0.331 e. The largest absolute Gasteiger partial charge is 0.481 e. The van der Waals surface area contributed by atoms with Crippen molar-refractivity contribution in [3.05, 3.63) is 33.1 Å². The molecule has 0 aliphatic rings. The molecular formula is C12H17N3O5. The van der Waals surface area contributed by atoms with Crippen molar-refractivity contribution < 1.29 is 14.7 Å². The Bertz CT molecular complexity index is 616. The third-order valence-electron chi connectivity index (χ3n) is 2.96. The second-order valence-electron chi connectivity index (χ2n) is 4.37. The normalized spacial score (nSPS) is 11.9. The average Bonchev–Trinajstić information content (AvgIpc) is 2.40. The minimum atomic E-state index is -0.980. The lowest BCUT2D eigenvalue weighted by Crippen LogP contribution is -2.41. The molecule has 0 aromatic carbocycles. The van der Waals surface area contributed by atoms with Gasteiger partial charge in [0.05, 0.1) is 5.92 Å². The van der Waals surface area contributed by atoms with Crippen LogP contribution in [0.15, 0.2) is 21.9 Å². The molecule has 8 nitrogen and oxygen atoms in total. The van der Waals surface area contributed by atoms with Gasteiger partial charge in [-0.1, -0.05) is 6.92 Å². The highest BCUT2D eigenvalue weighted by Crippen LogP contribution is 2.00. The maximum absolute atomic E-state index is 11.7. The number of amides is 1. The van der Waals surface area contributed by atoms with Crippen LogP contribution in [0.4, 0.5) is 0 Å². The highest BCUT2D eigenvalue weighted by Gasteiger charge is 2.16. The number of nitrogens with one attached hydrogen (secondary N) is 1. The summed E-state index contributed by atoms with van der Waals surface area (Å²) in [6.07, 6.45) is 1.63. The van der Waals surface area contributed by atoms with Crippen LogP contribution in [0.1, 0.15) is 13.3 Å². The zero-order valence-corrected chi connectivity index (χ0v) is 11.3. The molecule has 1 rings (SSSR count). The lowest BCUT2D eigenvalue weighted by molar-refractivity contribution is -0.141. The van der Waals surface area contributed by atoms with Crippen LogP contribution in [-0.4, -0.2) is 32.7 Å². The number of nitrogens with zero attached hydrogens (tertiary/aromatic N) is 2. The SMILES string of the molecule is CCC(CNC(=O)Cn1ccc(=O)n(C)c1=O)C(=O)O. The third-order valence-corrected chi connectivity index (χ3v) is 2.96. The molecule has 0 fully saturated rings. The summed E-state index contributed by atoms with van der Waals surface area (Å²) in [5, 5.41) is 11.3. The highest BCUT2D eigenvalue weighted by atomic mass is 16.4. The summed E-state index contributed by atoms with van der Waals surface area (Å²) in [4.78, 5) is 45.3. The number of carbonyl (C=O) groups is 2. The second kappa shape index (κ2) is 6.69. The maximum atomic E-state index is 11.7. The summed E-state index contributed by atoms with van der Waals surface area (Å²) in [5.41, 5.74) is -1.05. The first kappa shape index (κ1) is 15.7. The van der Waals surface area contributed by atoms with Gasteiger partial charge in [0.15, 0.2) is 0 Å². The van der Waals surface area contributed by atoms with Gasteiger partial charge in [0.25, 0.3) is 5.56 Å². The van der Waals surface area contributed by atoms with Crippen molar-refractivity contribution in [3.8, 4) is 0 Å². The molecule has 0 aliphatic carbocycles. The Kier molecular flexibility index (Phi) is 5.24. The topological polar surface area (TPSA) is 110 Å². The quantitative estimate of drug-likeness (QED) is 0.679. The standard InChI is InChI=1S/C12H17N3O5/c1-3-8(11(18)19)6-13-9(16)7-15-5-4-10(17)14(2)12(15)20/h4-5,8H,3,6-7H2,1-2H3,(H,13,16)(H,18,19). The Labute approximate surface area is 114 Å². The van der Waals surface area contributed by atoms with Gasteiger partial charge in [-0.2, -0.15) is 0 Å². The molecule has 0 radical (unpaired) electrons. The fraction of sp³-hybridized carbons (Fsp3) is 0.500. The number of rotatable bonds is 6. The van der Waals surface area contributed by atoms with Gasteiger partial charge in [-0.3, -0.25) is 23.5 Å². The van der Waals surface area contributed by atoms with E-state index in [-0.39, 0.29) is 13.1 Å². The van der Waals surface area contributed by atoms with Gasteiger partial charge in [-0.05, 0) is 6.42 Å². The molecule has 1 amide bonds. The van der Waals surface area contributed by atoms with Gasteiger partial charge < -0.3 is 10.4 Å². The molecule has 110 valence electrons. The zero-order valence-electron chi connectivity index (χ0n) is 11.3. The molecule has 1 heterocycles. The fourth-order valence-electron chi connectivity index (χ4n) is 1.59. The molecule has 0 saturated heterocycles. The molecule has 1 aromatic rings. The molecular weight excluding hydrogens is 266 g/mol. The molecule has 0 aliphatic heterocycles. The average molecular weight is 283 g/mol. The van der Waals surface area contributed by atoms with Crippen molar-refractivity contribution in [2.24, 2.45) is 13.0 Å². The van der Waals surface area contributed by atoms with Crippen LogP contribution >= 0.6 is 0 Å². The van der Waals surface area contributed by atoms with Crippen LogP contribution in [0.5, 0.6) is 0 Å². The molecule has 0 bridgehead atoms. The molecule has 1 unspecified atom stereocenters. The predicted molar refractivity (Wildman–Crippen MR) is 70.4 cm³/mol. The van der Waals surface area contributed by atoms with Gasteiger partial charge in [0, 0.05) is 25.9 Å². The van der Waals surface area contributed by atoms with Crippen LogP contribution in [-0.2, 0) is 23.2 Å². The summed E-state index contributed by atoms with van der Waals surface area (Å²) in [7, 11) is 1.32. The monoisotopic (exact) mass is 283 g/mol. The highest BCUT2D eigenvalue weighted by molar-refractivity contribution is 5.77. The van der Waals surface area contributed by atoms with Crippen molar-refractivity contribution in [1.82, 2.24) is 14.5 Å². The first-order chi connectivity index (χ1) is 9.36. The molecule has 1 aromatic heterocycles. The summed E-state index contributed by atoms with van der Waals surface area (Å²) >= 11 is 0. The van der Waals surface area contributed by atoms with E-state index in [2.05, 4.69) is 5.32 Å². The van der Waals surface area contributed by atoms with Crippen LogP contribution in [0.2, 0.25) is 0 Å². The van der Waals surface area contributed by atoms with E-state index < -0.39 is 29.0 Å². The van der Waals surface area contributed by atoms with Crippen LogP contribution in [0.25, 0.3) is 0 Å². The van der Waals surface area contributed by atoms with E-state index in [1.807, 2.05) is 0 Å². The van der Waals surface area contributed by atoms with Gasteiger partial charge >= 0.3 is 11.7 Å². The van der Waals surface area contributed by atoms with Crippen molar-refractivity contribution in [3.63, 3.8) is 0 Å². The maximum Gasteiger partial charge on any atom is 0.331 e. The van der Waals surface area contributed by atoms with E-state index in [0.29, 0.717) is 6.42 Å². The molecule has 1 atom stereocenters. The summed E-state index contributed by atoms with van der Waals surface area (Å²) < 4.78 is 1.97. The Morgan fingerprint density at radius 1 is 1.40 bits per heavy atom. The predicted octanol–water partition coefficient (Wildman–Crippen LogP) is -1.23. The molecule has 8 heteroatoms. The second-order valence-corrected chi connectivity index (χ2v) is 4.37. The number of aromatic nitrogens is 2. The van der Waals surface area contributed by atoms with Gasteiger partial charge in [-0.15, -0.1) is 0 Å². The number of carboxylic acid groups (broad SMARTS) is 1. The minimum Gasteiger partial charge on any atom is -0.481 e. The molecule has 2 N–H and O–H groups in total. The van der Waals surface area contributed by atoms with Crippen LogP contribution < -0.4 is 16.6 Å². The number of aliphatic carboxylic acids is 1. The Hall–Kier alpha value is -2.38. The fourth-order valence-corrected chi connectivity index (χ4v) is 1.59. The van der Waals surface area contributed by atoms with Crippen molar-refractivity contribution in [1.29, 1.82) is 0 Å². The van der Waals surface area contributed by atoms with Gasteiger partial charge in [0.2, 0.25) is 5.91 Å². The van der Waals surface area contributed by atoms with E-state index in [0.717, 1.165) is 9.13 Å². The third kappa shape index (κ3) is 3.81. The zero-order chi connectivity index (χ0) is 15.3. The van der Waals surface area contributed by atoms with E-state index in [1.165, 1.54) is 19.3 Å². The minimum absolute atomic E-state index is 0.00514. The molecule has 0 saturated carbocycles. The first-order valence-corrected chi connectivity index (χ1v) is 6.12. The van der Waals surface area contributed by atoms with Crippen LogP contribution in [0.3, 0.4) is 0 Å². The van der Waals surface area contributed by atoms with E-state index in [9.17, 15) is 19.2 Å². The van der Waals surface area contributed by atoms with E-state index in [1.54, 1.807) is 6.92 Å². The first-order valence-electron chi connectivity index (χ1n) is 6.12. The molecule has 0 spiro atoms. The Balaban J connectivity index is 2.68. The van der Waals surface area contributed by atoms with E-state index in [4.69, 9.17) is 5.11 Å². The summed E-state index contributed by atoms with van der Waals surface area (Å²) in [5.74, 6) is -2.12. The lowest BCUT2D eigenvalue weighted by atomic mass is 10.1. The summed E-state index contributed by atoms with van der Waals surface area (Å²) in [6, 6.07) is 1.18. The Morgan fingerprint density at radius 2 is 2.05 bits per heavy atom. The molecule has 20 heavy (non-hydrogen) atoms. The summed E-state index contributed by atoms with van der Waals surface area (Å²) in [6.45, 7) is 1.45. The lowest BCUT2D eigenvalue weighted by Gasteiger charge is -2.12. The number of hydrogen-bond acceptors (Lipinski definition) is 4. The van der Waals surface area contributed by atoms with Gasteiger partial charge in [-0.25, -0.2) is 4.79 Å². The number of carbonyl (C=O) groups excluding carboxylic acids is 1. The van der Waals surface area contributed by atoms with Gasteiger partial charge in [0.1, 0.15) is 6.54 Å². The van der Waals surface area contributed by atoms with Crippen LogP contribution in [0, 0.1) is 5.92 Å². The van der Waals surface area contributed by atoms with Crippen molar-refractivity contribution >= 4 is 11.9 Å². The Morgan fingerprint density at radius 3 is 2.60 bits per heavy atom. The number of carboxylic acids is 1. The van der Waals surface area contributed by atoms with Crippen molar-refractivity contribution in [2.75, 3.05) is 6.54 Å². The van der Waals surface area contributed by atoms with E-state index >= 15 is 0 Å².